The molecule has 18 heavy (non-hydrogen) atoms. The molecule has 0 fully saturated rings. The van der Waals surface area contributed by atoms with Gasteiger partial charge in [-0.05, 0) is 17.7 Å². The van der Waals surface area contributed by atoms with Gasteiger partial charge < -0.3 is 15.5 Å². The molecule has 90 valence electrons. The molecule has 0 amide bonds. The molecule has 0 spiro atoms. The van der Waals surface area contributed by atoms with Gasteiger partial charge in [-0.3, -0.25) is 0 Å². The normalized spacial score (nSPS) is 10.7. The molecule has 0 saturated carbocycles. The Labute approximate surface area is 105 Å². The summed E-state index contributed by atoms with van der Waals surface area (Å²) in [5.74, 6) is 0.815. The fourth-order valence-corrected chi connectivity index (χ4v) is 2.03. The van der Waals surface area contributed by atoms with Gasteiger partial charge in [-0.2, -0.15) is 0 Å². The number of nitrogen functional groups attached to an aromatic ring is 1. The van der Waals surface area contributed by atoms with Gasteiger partial charge in [0.15, 0.2) is 0 Å². The quantitative estimate of drug-likeness (QED) is 0.735. The molecule has 2 aromatic carbocycles. The summed E-state index contributed by atoms with van der Waals surface area (Å²) in [7, 11) is 0. The summed E-state index contributed by atoms with van der Waals surface area (Å²) < 4.78 is 5.84. The number of rotatable bonds is 3. The van der Waals surface area contributed by atoms with Crippen LogP contribution >= 0.6 is 0 Å². The summed E-state index contributed by atoms with van der Waals surface area (Å²) in [6.07, 6.45) is 1.79. The van der Waals surface area contributed by atoms with Crippen molar-refractivity contribution in [3.8, 4) is 5.75 Å². The molecule has 0 unspecified atom stereocenters. The lowest BCUT2D eigenvalue weighted by molar-refractivity contribution is 0.310. The lowest BCUT2D eigenvalue weighted by Gasteiger charge is -2.08. The van der Waals surface area contributed by atoms with Gasteiger partial charge in [0.2, 0.25) is 0 Å². The zero-order valence-corrected chi connectivity index (χ0v) is 9.89. The molecule has 0 atom stereocenters. The van der Waals surface area contributed by atoms with E-state index in [4.69, 9.17) is 10.5 Å². The van der Waals surface area contributed by atoms with Crippen LogP contribution in [0, 0.1) is 0 Å². The molecule has 3 heteroatoms. The van der Waals surface area contributed by atoms with Crippen LogP contribution in [-0.2, 0) is 6.61 Å². The maximum Gasteiger partial charge on any atom is 0.131 e. The number of H-pyrrole nitrogens is 1. The van der Waals surface area contributed by atoms with E-state index in [1.807, 2.05) is 48.5 Å². The summed E-state index contributed by atoms with van der Waals surface area (Å²) >= 11 is 0. The number of ether oxygens (including phenoxy) is 1. The van der Waals surface area contributed by atoms with Crippen molar-refractivity contribution < 1.29 is 4.74 Å². The van der Waals surface area contributed by atoms with Gasteiger partial charge in [0.05, 0.1) is 16.6 Å². The van der Waals surface area contributed by atoms with Gasteiger partial charge in [0.1, 0.15) is 12.4 Å². The first kappa shape index (κ1) is 10.7. The van der Waals surface area contributed by atoms with Crippen molar-refractivity contribution in [2.45, 2.75) is 6.61 Å². The van der Waals surface area contributed by atoms with Gasteiger partial charge in [-0.15, -0.1) is 0 Å². The van der Waals surface area contributed by atoms with Crippen molar-refractivity contribution in [1.82, 2.24) is 4.98 Å². The Kier molecular flexibility index (Phi) is 2.65. The molecule has 3 aromatic rings. The van der Waals surface area contributed by atoms with Crippen LogP contribution in [0.3, 0.4) is 0 Å². The van der Waals surface area contributed by atoms with Crippen LogP contribution in [0.4, 0.5) is 5.69 Å². The first-order valence-electron chi connectivity index (χ1n) is 5.87. The van der Waals surface area contributed by atoms with Crippen LogP contribution in [0.1, 0.15) is 5.56 Å². The maximum absolute atomic E-state index is 5.93. The van der Waals surface area contributed by atoms with Crippen molar-refractivity contribution in [2.24, 2.45) is 0 Å². The number of benzene rings is 2. The summed E-state index contributed by atoms with van der Waals surface area (Å²) in [5.41, 5.74) is 8.79. The fraction of sp³-hybridized carbons (Fsp3) is 0.0667. The molecular formula is C15H14N2O. The van der Waals surface area contributed by atoms with Gasteiger partial charge in [0, 0.05) is 6.20 Å². The smallest absolute Gasteiger partial charge is 0.131 e. The predicted octanol–water partition coefficient (Wildman–Crippen LogP) is 3.33. The molecule has 3 N–H and O–H groups in total. The summed E-state index contributed by atoms with van der Waals surface area (Å²) in [6, 6.07) is 16.0. The van der Waals surface area contributed by atoms with Crippen LogP contribution in [-0.4, -0.2) is 4.98 Å². The Morgan fingerprint density at radius 2 is 1.83 bits per heavy atom. The lowest BCUT2D eigenvalue weighted by Crippen LogP contribution is -1.96. The highest BCUT2D eigenvalue weighted by molar-refractivity contribution is 5.96. The second-order valence-electron chi connectivity index (χ2n) is 4.20. The average molecular weight is 238 g/mol. The van der Waals surface area contributed by atoms with E-state index in [1.165, 1.54) is 0 Å². The predicted molar refractivity (Wildman–Crippen MR) is 73.5 cm³/mol. The van der Waals surface area contributed by atoms with Crippen LogP contribution in [0.2, 0.25) is 0 Å². The van der Waals surface area contributed by atoms with E-state index in [9.17, 15) is 0 Å². The zero-order valence-electron chi connectivity index (χ0n) is 9.89. The van der Waals surface area contributed by atoms with Gasteiger partial charge in [0.25, 0.3) is 0 Å². The van der Waals surface area contributed by atoms with Crippen molar-refractivity contribution >= 4 is 16.6 Å². The molecule has 3 nitrogen and oxygen atoms in total. The number of nitrogens with two attached hydrogens (primary N) is 1. The largest absolute Gasteiger partial charge is 0.488 e. The van der Waals surface area contributed by atoms with Gasteiger partial charge >= 0.3 is 0 Å². The molecule has 0 aliphatic rings. The van der Waals surface area contributed by atoms with Gasteiger partial charge in [-0.1, -0.05) is 36.4 Å². The maximum atomic E-state index is 5.93. The lowest BCUT2D eigenvalue weighted by atomic mass is 10.2. The Morgan fingerprint density at radius 3 is 2.67 bits per heavy atom. The average Bonchev–Trinajstić information content (AvgIpc) is 2.80. The van der Waals surface area contributed by atoms with E-state index in [0.717, 1.165) is 22.2 Å². The molecule has 0 bridgehead atoms. The minimum Gasteiger partial charge on any atom is -0.488 e. The number of fused-ring (bicyclic) bond motifs is 1. The summed E-state index contributed by atoms with van der Waals surface area (Å²) in [4.78, 5) is 3.12. The number of aromatic nitrogens is 1. The highest BCUT2D eigenvalue weighted by atomic mass is 16.5. The molecule has 0 saturated heterocycles. The number of hydrogen-bond donors (Lipinski definition) is 2. The summed E-state index contributed by atoms with van der Waals surface area (Å²) in [5, 5.41) is 0.952. The zero-order chi connectivity index (χ0) is 12.4. The van der Waals surface area contributed by atoms with Crippen LogP contribution in [0.15, 0.2) is 54.7 Å². The highest BCUT2D eigenvalue weighted by Crippen LogP contribution is 2.30. The molecular weight excluding hydrogens is 224 g/mol. The van der Waals surface area contributed by atoms with Crippen molar-refractivity contribution in [3.05, 3.63) is 60.3 Å². The van der Waals surface area contributed by atoms with Gasteiger partial charge in [-0.25, -0.2) is 0 Å². The second kappa shape index (κ2) is 4.45. The fourth-order valence-electron chi connectivity index (χ4n) is 2.03. The third-order valence-corrected chi connectivity index (χ3v) is 2.94. The number of aromatic amines is 1. The molecule has 3 rings (SSSR count). The first-order valence-corrected chi connectivity index (χ1v) is 5.87. The topological polar surface area (TPSA) is 51.0 Å². The molecule has 1 aromatic heterocycles. The Balaban J connectivity index is 1.89. The van der Waals surface area contributed by atoms with E-state index in [2.05, 4.69) is 4.98 Å². The van der Waals surface area contributed by atoms with Crippen molar-refractivity contribution in [3.63, 3.8) is 0 Å². The SMILES string of the molecule is Nc1c[nH]c2cccc(OCc3ccccc3)c12. The number of anilines is 1. The Hall–Kier alpha value is -2.42. The Bertz CT molecular complexity index is 659. The van der Waals surface area contributed by atoms with E-state index in [0.29, 0.717) is 12.3 Å². The standard InChI is InChI=1S/C15H14N2O/c16-12-9-17-13-7-4-8-14(15(12)13)18-10-11-5-2-1-3-6-11/h1-9,17H,10,16H2. The van der Waals surface area contributed by atoms with E-state index >= 15 is 0 Å². The van der Waals surface area contributed by atoms with E-state index in [1.54, 1.807) is 6.20 Å². The van der Waals surface area contributed by atoms with E-state index < -0.39 is 0 Å². The first-order chi connectivity index (χ1) is 8.84. The van der Waals surface area contributed by atoms with E-state index in [-0.39, 0.29) is 0 Å². The summed E-state index contributed by atoms with van der Waals surface area (Å²) in [6.45, 7) is 0.546. The second-order valence-corrected chi connectivity index (χ2v) is 4.20. The number of hydrogen-bond acceptors (Lipinski definition) is 2. The molecule has 0 aliphatic heterocycles. The highest BCUT2D eigenvalue weighted by Gasteiger charge is 2.07. The monoisotopic (exact) mass is 238 g/mol. The van der Waals surface area contributed by atoms with Crippen molar-refractivity contribution in [2.75, 3.05) is 5.73 Å². The minimum absolute atomic E-state index is 0.546. The molecule has 0 aliphatic carbocycles. The Morgan fingerprint density at radius 1 is 1.00 bits per heavy atom. The van der Waals surface area contributed by atoms with Crippen LogP contribution in [0.5, 0.6) is 5.75 Å². The van der Waals surface area contributed by atoms with Crippen molar-refractivity contribution in [1.29, 1.82) is 0 Å². The third kappa shape index (κ3) is 1.91. The molecule has 0 radical (unpaired) electrons. The minimum atomic E-state index is 0.546. The third-order valence-electron chi connectivity index (χ3n) is 2.94. The van der Waals surface area contributed by atoms with Crippen LogP contribution < -0.4 is 10.5 Å². The van der Waals surface area contributed by atoms with Crippen LogP contribution in [0.25, 0.3) is 10.9 Å². The number of nitrogens with one attached hydrogen (secondary N) is 1. The molecule has 1 heterocycles.